The Morgan fingerprint density at radius 2 is 1.88 bits per heavy atom. The van der Waals surface area contributed by atoms with Crippen molar-refractivity contribution in [3.05, 3.63) is 0 Å². The lowest BCUT2D eigenvalue weighted by atomic mass is 10.0. The molecule has 104 valence electrons. The first kappa shape index (κ1) is 19.0. The zero-order valence-corrected chi connectivity index (χ0v) is 12.2. The summed E-state index contributed by atoms with van der Waals surface area (Å²) in [5.41, 5.74) is 5.60. The summed E-state index contributed by atoms with van der Waals surface area (Å²) in [4.78, 5) is 11.5. The normalized spacial score (nSPS) is 12.4. The summed E-state index contributed by atoms with van der Waals surface area (Å²) >= 11 is 0. The Labute approximate surface area is 111 Å². The highest BCUT2D eigenvalue weighted by atomic mass is 35.5. The molecule has 17 heavy (non-hydrogen) atoms. The van der Waals surface area contributed by atoms with Gasteiger partial charge in [0, 0.05) is 19.0 Å². The smallest absolute Gasteiger partial charge is 0.222 e. The zero-order chi connectivity index (χ0) is 12.6. The first-order chi connectivity index (χ1) is 7.45. The van der Waals surface area contributed by atoms with Gasteiger partial charge in [0.15, 0.2) is 0 Å². The van der Waals surface area contributed by atoms with Gasteiger partial charge in [-0.15, -0.1) is 12.4 Å². The van der Waals surface area contributed by atoms with Gasteiger partial charge >= 0.3 is 0 Å². The van der Waals surface area contributed by atoms with E-state index in [0.717, 1.165) is 6.42 Å². The minimum absolute atomic E-state index is 0. The number of halogens is 1. The van der Waals surface area contributed by atoms with Crippen molar-refractivity contribution < 1.29 is 9.53 Å². The van der Waals surface area contributed by atoms with Gasteiger partial charge in [-0.3, -0.25) is 4.79 Å². The molecule has 0 aliphatic heterocycles. The lowest BCUT2D eigenvalue weighted by Crippen LogP contribution is -2.41. The fourth-order valence-corrected chi connectivity index (χ4v) is 1.47. The molecular formula is C12H27ClN2O2. The summed E-state index contributed by atoms with van der Waals surface area (Å²) in [6.07, 6.45) is 1.51. The van der Waals surface area contributed by atoms with Crippen LogP contribution in [0.4, 0.5) is 0 Å². The van der Waals surface area contributed by atoms with Gasteiger partial charge in [0.2, 0.25) is 5.91 Å². The molecule has 0 aliphatic carbocycles. The maximum atomic E-state index is 11.5. The second-order valence-corrected chi connectivity index (χ2v) is 4.80. The number of amides is 1. The van der Waals surface area contributed by atoms with E-state index in [1.165, 1.54) is 0 Å². The fourth-order valence-electron chi connectivity index (χ4n) is 1.47. The molecule has 0 rings (SSSR count). The number of rotatable bonds is 8. The van der Waals surface area contributed by atoms with Crippen LogP contribution in [0.2, 0.25) is 0 Å². The van der Waals surface area contributed by atoms with E-state index in [-0.39, 0.29) is 30.5 Å². The highest BCUT2D eigenvalue weighted by molar-refractivity contribution is 5.85. The van der Waals surface area contributed by atoms with Crippen LogP contribution in [0.25, 0.3) is 0 Å². The van der Waals surface area contributed by atoms with Gasteiger partial charge in [-0.25, -0.2) is 0 Å². The Hall–Kier alpha value is -0.320. The fraction of sp³-hybridized carbons (Fsp3) is 0.917. The van der Waals surface area contributed by atoms with E-state index in [1.807, 2.05) is 13.8 Å². The predicted molar refractivity (Wildman–Crippen MR) is 73.4 cm³/mol. The van der Waals surface area contributed by atoms with E-state index < -0.39 is 0 Å². The van der Waals surface area contributed by atoms with Crippen LogP contribution in [0.15, 0.2) is 0 Å². The predicted octanol–water partition coefficient (Wildman–Crippen LogP) is 1.71. The Morgan fingerprint density at radius 3 is 2.29 bits per heavy atom. The van der Waals surface area contributed by atoms with E-state index in [4.69, 9.17) is 10.5 Å². The average molecular weight is 267 g/mol. The summed E-state index contributed by atoms with van der Waals surface area (Å²) in [7, 11) is 0. The van der Waals surface area contributed by atoms with E-state index in [9.17, 15) is 4.79 Å². The molecule has 0 bridgehead atoms. The third kappa shape index (κ3) is 11.9. The van der Waals surface area contributed by atoms with Crippen LogP contribution in [0, 0.1) is 5.92 Å². The third-order valence-corrected chi connectivity index (χ3v) is 2.19. The van der Waals surface area contributed by atoms with Crippen LogP contribution in [-0.2, 0) is 9.53 Å². The highest BCUT2D eigenvalue weighted by Crippen LogP contribution is 2.03. The molecule has 0 aromatic heterocycles. The van der Waals surface area contributed by atoms with E-state index >= 15 is 0 Å². The Balaban J connectivity index is 0. The molecular weight excluding hydrogens is 240 g/mol. The zero-order valence-electron chi connectivity index (χ0n) is 11.4. The molecule has 1 amide bonds. The maximum absolute atomic E-state index is 11.5. The number of nitrogens with one attached hydrogen (secondary N) is 1. The molecule has 0 aliphatic rings. The molecule has 4 nitrogen and oxygen atoms in total. The Morgan fingerprint density at radius 1 is 1.29 bits per heavy atom. The van der Waals surface area contributed by atoms with Crippen molar-refractivity contribution in [1.82, 2.24) is 5.32 Å². The van der Waals surface area contributed by atoms with E-state index in [1.54, 1.807) is 0 Å². The molecule has 0 spiro atoms. The van der Waals surface area contributed by atoms with Crippen molar-refractivity contribution in [2.24, 2.45) is 11.7 Å². The number of nitrogens with two attached hydrogens (primary N) is 1. The van der Waals surface area contributed by atoms with Crippen molar-refractivity contribution in [2.45, 2.75) is 52.7 Å². The van der Waals surface area contributed by atoms with E-state index in [2.05, 4.69) is 19.2 Å². The van der Waals surface area contributed by atoms with Gasteiger partial charge in [-0.05, 0) is 26.2 Å². The average Bonchev–Trinajstić information content (AvgIpc) is 2.15. The minimum atomic E-state index is 0. The van der Waals surface area contributed by atoms with Gasteiger partial charge in [-0.2, -0.15) is 0 Å². The van der Waals surface area contributed by atoms with Gasteiger partial charge < -0.3 is 15.8 Å². The molecule has 0 heterocycles. The van der Waals surface area contributed by atoms with Crippen LogP contribution in [0.5, 0.6) is 0 Å². The molecule has 5 heteroatoms. The first-order valence-corrected chi connectivity index (χ1v) is 6.06. The SMILES string of the molecule is CC(C)CC(CN)NC(=O)CCOC(C)C.Cl. The minimum Gasteiger partial charge on any atom is -0.378 e. The number of carbonyl (C=O) groups is 1. The summed E-state index contributed by atoms with van der Waals surface area (Å²) in [6.45, 7) is 9.13. The second kappa shape index (κ2) is 10.8. The van der Waals surface area contributed by atoms with Crippen LogP contribution < -0.4 is 11.1 Å². The number of ether oxygens (including phenoxy) is 1. The molecule has 3 N–H and O–H groups in total. The summed E-state index contributed by atoms with van der Waals surface area (Å²) in [5, 5.41) is 2.93. The second-order valence-electron chi connectivity index (χ2n) is 4.80. The highest BCUT2D eigenvalue weighted by Gasteiger charge is 2.12. The van der Waals surface area contributed by atoms with Crippen LogP contribution in [-0.4, -0.2) is 31.2 Å². The third-order valence-electron chi connectivity index (χ3n) is 2.19. The standard InChI is InChI=1S/C12H26N2O2.ClH/c1-9(2)7-11(8-13)14-12(15)5-6-16-10(3)4;/h9-11H,5-8,13H2,1-4H3,(H,14,15);1H. The molecule has 0 aromatic carbocycles. The molecule has 1 atom stereocenters. The Bertz CT molecular complexity index is 199. The largest absolute Gasteiger partial charge is 0.378 e. The Kier molecular flexibility index (Phi) is 12.1. The van der Waals surface area contributed by atoms with Crippen molar-refractivity contribution in [3.8, 4) is 0 Å². The molecule has 0 fully saturated rings. The summed E-state index contributed by atoms with van der Waals surface area (Å²) in [5.74, 6) is 0.567. The van der Waals surface area contributed by atoms with Gasteiger partial charge in [0.1, 0.15) is 0 Å². The quantitative estimate of drug-likeness (QED) is 0.703. The van der Waals surface area contributed by atoms with Gasteiger partial charge in [-0.1, -0.05) is 13.8 Å². The summed E-state index contributed by atoms with van der Waals surface area (Å²) < 4.78 is 5.32. The molecule has 1 unspecified atom stereocenters. The van der Waals surface area contributed by atoms with Crippen LogP contribution in [0.3, 0.4) is 0 Å². The van der Waals surface area contributed by atoms with Crippen LogP contribution in [0.1, 0.15) is 40.5 Å². The monoisotopic (exact) mass is 266 g/mol. The van der Waals surface area contributed by atoms with Gasteiger partial charge in [0.25, 0.3) is 0 Å². The number of hydrogen-bond acceptors (Lipinski definition) is 3. The number of hydrogen-bond donors (Lipinski definition) is 2. The topological polar surface area (TPSA) is 64.3 Å². The number of carbonyl (C=O) groups excluding carboxylic acids is 1. The lowest BCUT2D eigenvalue weighted by molar-refractivity contribution is -0.123. The molecule has 0 aromatic rings. The van der Waals surface area contributed by atoms with Gasteiger partial charge in [0.05, 0.1) is 12.7 Å². The summed E-state index contributed by atoms with van der Waals surface area (Å²) in [6, 6.07) is 0.0894. The lowest BCUT2D eigenvalue weighted by Gasteiger charge is -2.19. The molecule has 0 radical (unpaired) electrons. The first-order valence-electron chi connectivity index (χ1n) is 6.06. The van der Waals surface area contributed by atoms with Crippen LogP contribution >= 0.6 is 12.4 Å². The van der Waals surface area contributed by atoms with Crippen molar-refractivity contribution in [1.29, 1.82) is 0 Å². The maximum Gasteiger partial charge on any atom is 0.222 e. The van der Waals surface area contributed by atoms with Crippen molar-refractivity contribution in [3.63, 3.8) is 0 Å². The van der Waals surface area contributed by atoms with Crippen molar-refractivity contribution >= 4 is 18.3 Å². The molecule has 0 saturated heterocycles. The molecule has 0 saturated carbocycles. The van der Waals surface area contributed by atoms with Crippen molar-refractivity contribution in [2.75, 3.05) is 13.2 Å². The van der Waals surface area contributed by atoms with E-state index in [0.29, 0.717) is 25.5 Å².